The maximum Gasteiger partial charge on any atom is 0.329 e. The molecule has 2 heterocycles. The molecule has 1 atom stereocenters. The second-order valence-electron chi connectivity index (χ2n) is 7.35. The number of amides is 5. The first kappa shape index (κ1) is 22.0. The van der Waals surface area contributed by atoms with Gasteiger partial charge in [-0.1, -0.05) is 30.3 Å². The third-order valence-electron chi connectivity index (χ3n) is 5.11. The lowest BCUT2D eigenvalue weighted by Gasteiger charge is -2.37. The van der Waals surface area contributed by atoms with Crippen LogP contribution in [0.3, 0.4) is 0 Å². The molecule has 2 aliphatic rings. The van der Waals surface area contributed by atoms with Gasteiger partial charge in [0.05, 0.1) is 6.42 Å². The molecule has 0 spiro atoms. The predicted molar refractivity (Wildman–Crippen MR) is 108 cm³/mol. The number of carbonyl (C=O) groups excluding carboxylic acids is 4. The fraction of sp³-hybridized carbons (Fsp3) is 0.381. The molecule has 0 bridgehead atoms. The maximum atomic E-state index is 12.7. The van der Waals surface area contributed by atoms with Crippen LogP contribution in [0.1, 0.15) is 37.7 Å². The number of carboxylic acids is 1. The largest absolute Gasteiger partial charge is 0.481 e. The number of imide groups is 1. The van der Waals surface area contributed by atoms with E-state index < -0.39 is 30.5 Å². The average molecular weight is 428 g/mol. The van der Waals surface area contributed by atoms with E-state index in [1.807, 2.05) is 30.3 Å². The van der Waals surface area contributed by atoms with Crippen LogP contribution in [0.15, 0.2) is 42.2 Å². The number of nitrogens with one attached hydrogen (secondary N) is 2. The van der Waals surface area contributed by atoms with Crippen LogP contribution >= 0.6 is 0 Å². The number of urea groups is 1. The summed E-state index contributed by atoms with van der Waals surface area (Å²) in [5.41, 5.74) is 0.950. The zero-order valence-electron chi connectivity index (χ0n) is 16.9. The molecule has 1 aromatic carbocycles. The Morgan fingerprint density at radius 3 is 2.48 bits per heavy atom. The van der Waals surface area contributed by atoms with Gasteiger partial charge in [-0.3, -0.25) is 29.4 Å². The third kappa shape index (κ3) is 5.68. The van der Waals surface area contributed by atoms with Gasteiger partial charge in [-0.15, -0.1) is 0 Å². The SMILES string of the molecule is O=C(O)CCC(=O)NC(=O)N1C=C(NC(=O)CCc2ccccc2)C(=O)N2CCCC12. The molecule has 1 saturated heterocycles. The first-order valence-electron chi connectivity index (χ1n) is 10.1. The lowest BCUT2D eigenvalue weighted by atomic mass is 10.1. The quantitative estimate of drug-likeness (QED) is 0.591. The van der Waals surface area contributed by atoms with Crippen LogP contribution in [-0.4, -0.2) is 57.3 Å². The molecule has 10 heteroatoms. The van der Waals surface area contributed by atoms with E-state index in [1.165, 1.54) is 16.0 Å². The highest BCUT2D eigenvalue weighted by Gasteiger charge is 2.41. The molecule has 5 amide bonds. The van der Waals surface area contributed by atoms with Crippen molar-refractivity contribution in [2.45, 2.75) is 44.7 Å². The number of carbonyl (C=O) groups is 5. The smallest absolute Gasteiger partial charge is 0.329 e. The van der Waals surface area contributed by atoms with Gasteiger partial charge < -0.3 is 15.3 Å². The van der Waals surface area contributed by atoms with Crippen LogP contribution < -0.4 is 10.6 Å². The van der Waals surface area contributed by atoms with E-state index in [0.29, 0.717) is 25.8 Å². The van der Waals surface area contributed by atoms with E-state index in [1.54, 1.807) is 0 Å². The zero-order chi connectivity index (χ0) is 22.4. The van der Waals surface area contributed by atoms with Gasteiger partial charge in [0, 0.05) is 25.6 Å². The Balaban J connectivity index is 1.66. The van der Waals surface area contributed by atoms with Crippen molar-refractivity contribution < 1.29 is 29.1 Å². The molecule has 3 rings (SSSR count). The summed E-state index contributed by atoms with van der Waals surface area (Å²) in [7, 11) is 0. The number of rotatable bonds is 7. The molecule has 31 heavy (non-hydrogen) atoms. The van der Waals surface area contributed by atoms with Crippen molar-refractivity contribution in [1.29, 1.82) is 0 Å². The number of carboxylic acid groups (broad SMARTS) is 1. The van der Waals surface area contributed by atoms with Crippen LogP contribution in [0, 0.1) is 0 Å². The van der Waals surface area contributed by atoms with Gasteiger partial charge >= 0.3 is 12.0 Å². The van der Waals surface area contributed by atoms with Crippen LogP contribution in [0.4, 0.5) is 4.79 Å². The van der Waals surface area contributed by atoms with Crippen molar-refractivity contribution in [3.05, 3.63) is 47.8 Å². The predicted octanol–water partition coefficient (Wildman–Crippen LogP) is 0.942. The van der Waals surface area contributed by atoms with Crippen LogP contribution in [0.2, 0.25) is 0 Å². The second-order valence-corrected chi connectivity index (χ2v) is 7.35. The fourth-order valence-corrected chi connectivity index (χ4v) is 3.57. The summed E-state index contributed by atoms with van der Waals surface area (Å²) >= 11 is 0. The minimum absolute atomic E-state index is 0.0376. The monoisotopic (exact) mass is 428 g/mol. The van der Waals surface area contributed by atoms with Crippen molar-refractivity contribution in [1.82, 2.24) is 20.4 Å². The number of aryl methyl sites for hydroxylation is 1. The van der Waals surface area contributed by atoms with E-state index in [2.05, 4.69) is 10.6 Å². The Bertz CT molecular complexity index is 914. The van der Waals surface area contributed by atoms with Gasteiger partial charge in [-0.2, -0.15) is 0 Å². The Morgan fingerprint density at radius 2 is 1.77 bits per heavy atom. The van der Waals surface area contributed by atoms with Gasteiger partial charge in [0.15, 0.2) is 0 Å². The van der Waals surface area contributed by atoms with Gasteiger partial charge in [-0.25, -0.2) is 4.79 Å². The molecular formula is C21H24N4O6. The molecule has 164 valence electrons. The highest BCUT2D eigenvalue weighted by Crippen LogP contribution is 2.27. The van der Waals surface area contributed by atoms with Gasteiger partial charge in [-0.05, 0) is 24.8 Å². The lowest BCUT2D eigenvalue weighted by molar-refractivity contribution is -0.138. The minimum atomic E-state index is -1.14. The Labute approximate surface area is 178 Å². The number of hydrogen-bond donors (Lipinski definition) is 3. The van der Waals surface area contributed by atoms with Gasteiger partial charge in [0.1, 0.15) is 11.9 Å². The summed E-state index contributed by atoms with van der Waals surface area (Å²) in [6.45, 7) is 0.428. The fourth-order valence-electron chi connectivity index (χ4n) is 3.57. The van der Waals surface area contributed by atoms with Crippen molar-refractivity contribution in [2.75, 3.05) is 6.54 Å². The first-order valence-corrected chi connectivity index (χ1v) is 10.1. The number of benzene rings is 1. The summed E-state index contributed by atoms with van der Waals surface area (Å²) in [4.78, 5) is 62.8. The van der Waals surface area contributed by atoms with E-state index in [-0.39, 0.29) is 30.4 Å². The highest BCUT2D eigenvalue weighted by atomic mass is 16.4. The molecule has 10 nitrogen and oxygen atoms in total. The Morgan fingerprint density at radius 1 is 1.03 bits per heavy atom. The number of aliphatic carboxylic acids is 1. The Hall–Kier alpha value is -3.69. The molecule has 0 saturated carbocycles. The van der Waals surface area contributed by atoms with Crippen LogP contribution in [0.25, 0.3) is 0 Å². The first-order chi connectivity index (χ1) is 14.8. The maximum absolute atomic E-state index is 12.7. The van der Waals surface area contributed by atoms with Crippen LogP contribution in [0.5, 0.6) is 0 Å². The molecule has 0 radical (unpaired) electrons. The summed E-state index contributed by atoms with van der Waals surface area (Å²) in [5.74, 6) is -2.61. The summed E-state index contributed by atoms with van der Waals surface area (Å²) in [6, 6.07) is 8.68. The van der Waals surface area contributed by atoms with E-state index >= 15 is 0 Å². The third-order valence-corrected chi connectivity index (χ3v) is 5.11. The number of nitrogens with zero attached hydrogens (tertiary/aromatic N) is 2. The summed E-state index contributed by atoms with van der Waals surface area (Å²) < 4.78 is 0. The molecule has 1 unspecified atom stereocenters. The van der Waals surface area contributed by atoms with Gasteiger partial charge in [0.25, 0.3) is 5.91 Å². The molecule has 1 aromatic rings. The summed E-state index contributed by atoms with van der Waals surface area (Å²) in [6.07, 6.45) is 1.84. The topological polar surface area (TPSA) is 136 Å². The van der Waals surface area contributed by atoms with E-state index in [0.717, 1.165) is 5.56 Å². The number of fused-ring (bicyclic) bond motifs is 1. The second kappa shape index (κ2) is 9.88. The average Bonchev–Trinajstić information content (AvgIpc) is 3.23. The highest BCUT2D eigenvalue weighted by molar-refractivity contribution is 6.01. The van der Waals surface area contributed by atoms with Gasteiger partial charge in [0.2, 0.25) is 11.8 Å². The van der Waals surface area contributed by atoms with Crippen molar-refractivity contribution in [3.63, 3.8) is 0 Å². The van der Waals surface area contributed by atoms with E-state index in [9.17, 15) is 24.0 Å². The molecule has 0 aliphatic carbocycles. The molecule has 3 N–H and O–H groups in total. The van der Waals surface area contributed by atoms with Crippen LogP contribution in [-0.2, 0) is 25.6 Å². The number of hydrogen-bond acceptors (Lipinski definition) is 5. The summed E-state index contributed by atoms with van der Waals surface area (Å²) in [5, 5.41) is 13.4. The standard InChI is InChI=1S/C21H24N4O6/c26-16(9-8-14-5-2-1-3-6-14)22-15-13-25(18-7-4-12-24(18)20(15)30)21(31)23-17(27)10-11-19(28)29/h1-3,5-6,13,18H,4,7-12H2,(H,22,26)(H,28,29)(H,23,27,31). The molecule has 1 fully saturated rings. The molecule has 0 aromatic heterocycles. The minimum Gasteiger partial charge on any atom is -0.481 e. The van der Waals surface area contributed by atoms with Crippen molar-refractivity contribution in [2.24, 2.45) is 0 Å². The molecular weight excluding hydrogens is 404 g/mol. The molecule has 2 aliphatic heterocycles. The van der Waals surface area contributed by atoms with E-state index in [4.69, 9.17) is 5.11 Å². The lowest BCUT2D eigenvalue weighted by Crippen LogP contribution is -2.56. The van der Waals surface area contributed by atoms with Crippen molar-refractivity contribution >= 4 is 29.7 Å². The zero-order valence-corrected chi connectivity index (χ0v) is 16.9. The normalized spacial score (nSPS) is 17.6. The van der Waals surface area contributed by atoms with Crippen molar-refractivity contribution in [3.8, 4) is 0 Å². The Kier molecular flexibility index (Phi) is 7.01.